The molecule has 1 aliphatic heterocycles. The Morgan fingerprint density at radius 2 is 2.06 bits per heavy atom. The molecule has 2 N–H and O–H groups in total. The molecule has 2 fully saturated rings. The normalized spacial score (nSPS) is 19.3. The summed E-state index contributed by atoms with van der Waals surface area (Å²) in [6, 6.07) is 2.00. The predicted molar refractivity (Wildman–Crippen MR) is 109 cm³/mol. The quantitative estimate of drug-likeness (QED) is 0.590. The summed E-state index contributed by atoms with van der Waals surface area (Å²) < 4.78 is 47.2. The first kappa shape index (κ1) is 20.8. The van der Waals surface area contributed by atoms with Crippen LogP contribution in [-0.2, 0) is 6.18 Å². The summed E-state index contributed by atoms with van der Waals surface area (Å²) in [5.74, 6) is 0.748. The van der Waals surface area contributed by atoms with Gasteiger partial charge in [-0.3, -0.25) is 9.89 Å². The Bertz CT molecular complexity index is 1160. The lowest BCUT2D eigenvalue weighted by atomic mass is 10.0. The van der Waals surface area contributed by atoms with E-state index in [2.05, 4.69) is 25.7 Å². The summed E-state index contributed by atoms with van der Waals surface area (Å²) in [6.45, 7) is 4.05. The third kappa shape index (κ3) is 3.69. The van der Waals surface area contributed by atoms with E-state index in [4.69, 9.17) is 4.52 Å². The van der Waals surface area contributed by atoms with Crippen LogP contribution in [0.25, 0.3) is 11.0 Å². The van der Waals surface area contributed by atoms with Crippen LogP contribution >= 0.6 is 0 Å². The molecule has 2 aliphatic rings. The van der Waals surface area contributed by atoms with Gasteiger partial charge in [-0.15, -0.1) is 0 Å². The number of H-pyrrole nitrogens is 1. The number of nitrogens with zero attached hydrogens (tertiary/aromatic N) is 4. The van der Waals surface area contributed by atoms with E-state index in [0.717, 1.165) is 18.9 Å². The molecule has 5 rings (SSSR count). The molecule has 8 nitrogen and oxygen atoms in total. The summed E-state index contributed by atoms with van der Waals surface area (Å²) in [6.07, 6.45) is -1.41. The lowest BCUT2D eigenvalue weighted by Gasteiger charge is -2.24. The van der Waals surface area contributed by atoms with E-state index in [1.807, 2.05) is 13.8 Å². The Hall–Kier alpha value is -3.11. The number of carbonyl (C=O) groups excluding carboxylic acids is 1. The van der Waals surface area contributed by atoms with E-state index >= 15 is 0 Å². The minimum Gasteiger partial charge on any atom is -0.366 e. The van der Waals surface area contributed by atoms with E-state index in [0.29, 0.717) is 31.1 Å². The average Bonchev–Trinajstić information content (AvgIpc) is 3.15. The van der Waals surface area contributed by atoms with Gasteiger partial charge in [-0.2, -0.15) is 18.3 Å². The van der Waals surface area contributed by atoms with Crippen LogP contribution in [0.5, 0.6) is 0 Å². The molecule has 1 saturated heterocycles. The number of anilines is 1. The number of pyridine rings is 1. The van der Waals surface area contributed by atoms with Gasteiger partial charge < -0.3 is 14.7 Å². The van der Waals surface area contributed by atoms with Gasteiger partial charge in [0.25, 0.3) is 5.91 Å². The van der Waals surface area contributed by atoms with Gasteiger partial charge in [0, 0.05) is 24.6 Å². The highest BCUT2D eigenvalue weighted by atomic mass is 19.4. The lowest BCUT2D eigenvalue weighted by molar-refractivity contribution is -0.136. The number of halogens is 3. The average molecular weight is 448 g/mol. The van der Waals surface area contributed by atoms with Crippen LogP contribution in [0.15, 0.2) is 16.7 Å². The standard InChI is InChI=1S/C21H23F3N6O2/c1-10(2)25-18-17-12(21(22,23)24)8-13(26-19(17)28-27-18)15-4-3-7-30(15)20(31)14-9-16(32-29-14)11-5-6-11/h8-11,15H,3-7H2,1-2H3,(H2,25,26,27,28)/t15-/m1/s1. The zero-order chi connectivity index (χ0) is 22.6. The Morgan fingerprint density at radius 3 is 2.75 bits per heavy atom. The summed E-state index contributed by atoms with van der Waals surface area (Å²) in [7, 11) is 0. The van der Waals surface area contributed by atoms with E-state index < -0.39 is 17.8 Å². The number of hydrogen-bond donors (Lipinski definition) is 2. The summed E-state index contributed by atoms with van der Waals surface area (Å²) in [5, 5.41) is 13.3. The molecule has 0 aromatic carbocycles. The van der Waals surface area contributed by atoms with Crippen molar-refractivity contribution in [3.05, 3.63) is 34.8 Å². The van der Waals surface area contributed by atoms with Crippen molar-refractivity contribution in [2.45, 2.75) is 63.7 Å². The monoisotopic (exact) mass is 448 g/mol. The molecule has 1 saturated carbocycles. The van der Waals surface area contributed by atoms with Crippen molar-refractivity contribution in [3.63, 3.8) is 0 Å². The Kier molecular flexibility index (Phi) is 4.86. The van der Waals surface area contributed by atoms with E-state index in [1.165, 1.54) is 4.90 Å². The fourth-order valence-electron chi connectivity index (χ4n) is 4.24. The molecule has 1 amide bonds. The van der Waals surface area contributed by atoms with Crippen molar-refractivity contribution in [2.24, 2.45) is 0 Å². The predicted octanol–water partition coefficient (Wildman–Crippen LogP) is 4.64. The number of aromatic amines is 1. The second kappa shape index (κ2) is 7.49. The third-order valence-electron chi connectivity index (χ3n) is 5.86. The minimum atomic E-state index is -4.61. The number of alkyl halides is 3. The zero-order valence-electron chi connectivity index (χ0n) is 17.7. The highest BCUT2D eigenvalue weighted by molar-refractivity contribution is 5.93. The van der Waals surface area contributed by atoms with Gasteiger partial charge in [-0.25, -0.2) is 4.98 Å². The number of amides is 1. The second-order valence-electron chi connectivity index (χ2n) is 8.73. The van der Waals surface area contributed by atoms with Gasteiger partial charge >= 0.3 is 6.18 Å². The van der Waals surface area contributed by atoms with E-state index in [1.54, 1.807) is 6.07 Å². The molecule has 3 aromatic heterocycles. The molecule has 0 spiro atoms. The van der Waals surface area contributed by atoms with Crippen molar-refractivity contribution in [2.75, 3.05) is 11.9 Å². The minimum absolute atomic E-state index is 0.0368. The maximum Gasteiger partial charge on any atom is 0.417 e. The number of hydrogen-bond acceptors (Lipinski definition) is 6. The van der Waals surface area contributed by atoms with Crippen molar-refractivity contribution < 1.29 is 22.5 Å². The SMILES string of the molecule is CC(C)Nc1n[nH]c2nc([C@H]3CCCN3C(=O)c3cc(C4CC4)on3)cc(C(F)(F)F)c12. The molecule has 0 radical (unpaired) electrons. The number of fused-ring (bicyclic) bond motifs is 1. The van der Waals surface area contributed by atoms with Crippen LogP contribution in [0.4, 0.5) is 19.0 Å². The molecule has 1 atom stereocenters. The van der Waals surface area contributed by atoms with Gasteiger partial charge in [0.1, 0.15) is 5.76 Å². The second-order valence-corrected chi connectivity index (χ2v) is 8.73. The summed E-state index contributed by atoms with van der Waals surface area (Å²) >= 11 is 0. The Balaban J connectivity index is 1.52. The number of carbonyl (C=O) groups is 1. The molecular weight excluding hydrogens is 425 g/mol. The molecule has 11 heteroatoms. The fraction of sp³-hybridized carbons (Fsp3) is 0.524. The maximum atomic E-state index is 14.0. The highest BCUT2D eigenvalue weighted by Crippen LogP contribution is 2.42. The molecular formula is C21H23F3N6O2. The molecule has 4 heterocycles. The summed E-state index contributed by atoms with van der Waals surface area (Å²) in [5.41, 5.74) is -0.428. The first-order valence-electron chi connectivity index (χ1n) is 10.7. The van der Waals surface area contributed by atoms with Crippen molar-refractivity contribution >= 4 is 22.8 Å². The van der Waals surface area contributed by atoms with Crippen molar-refractivity contribution in [3.8, 4) is 0 Å². The lowest BCUT2D eigenvalue weighted by Crippen LogP contribution is -2.31. The van der Waals surface area contributed by atoms with Crippen LogP contribution < -0.4 is 5.32 Å². The van der Waals surface area contributed by atoms with Gasteiger partial charge in [-0.1, -0.05) is 5.16 Å². The first-order chi connectivity index (χ1) is 15.2. The van der Waals surface area contributed by atoms with Crippen LogP contribution in [0.3, 0.4) is 0 Å². The number of likely N-dealkylation sites (tertiary alicyclic amines) is 1. The van der Waals surface area contributed by atoms with Gasteiger partial charge in [-0.05, 0) is 45.6 Å². The molecule has 32 heavy (non-hydrogen) atoms. The van der Waals surface area contributed by atoms with Gasteiger partial charge in [0.2, 0.25) is 0 Å². The Morgan fingerprint density at radius 1 is 1.28 bits per heavy atom. The molecule has 170 valence electrons. The van der Waals surface area contributed by atoms with Crippen molar-refractivity contribution in [1.82, 2.24) is 25.2 Å². The smallest absolute Gasteiger partial charge is 0.366 e. The van der Waals surface area contributed by atoms with Crippen molar-refractivity contribution in [1.29, 1.82) is 0 Å². The highest BCUT2D eigenvalue weighted by Gasteiger charge is 2.39. The van der Waals surface area contributed by atoms with Gasteiger partial charge in [0.15, 0.2) is 17.2 Å². The molecule has 3 aromatic rings. The third-order valence-corrected chi connectivity index (χ3v) is 5.86. The largest absolute Gasteiger partial charge is 0.417 e. The topological polar surface area (TPSA) is 99.9 Å². The molecule has 1 aliphatic carbocycles. The number of rotatable bonds is 5. The Labute approximate surface area is 181 Å². The van der Waals surface area contributed by atoms with E-state index in [9.17, 15) is 18.0 Å². The van der Waals surface area contributed by atoms with E-state index in [-0.39, 0.29) is 40.2 Å². The van der Waals surface area contributed by atoms with Crippen LogP contribution in [0.2, 0.25) is 0 Å². The fourth-order valence-corrected chi connectivity index (χ4v) is 4.24. The number of nitrogens with one attached hydrogen (secondary N) is 2. The molecule has 0 bridgehead atoms. The van der Waals surface area contributed by atoms with Crippen LogP contribution in [-0.4, -0.2) is 43.7 Å². The number of aromatic nitrogens is 4. The first-order valence-corrected chi connectivity index (χ1v) is 10.7. The summed E-state index contributed by atoms with van der Waals surface area (Å²) in [4.78, 5) is 19.0. The van der Waals surface area contributed by atoms with Crippen LogP contribution in [0, 0.1) is 0 Å². The molecule has 0 unspecified atom stereocenters. The van der Waals surface area contributed by atoms with Gasteiger partial charge in [0.05, 0.1) is 22.7 Å². The zero-order valence-corrected chi connectivity index (χ0v) is 17.7. The van der Waals surface area contributed by atoms with Crippen LogP contribution in [0.1, 0.15) is 79.0 Å². The maximum absolute atomic E-state index is 14.0.